The Hall–Kier alpha value is -6.53. The molecule has 6 rings (SSSR count). The van der Waals surface area contributed by atoms with Crippen molar-refractivity contribution in [2.24, 2.45) is 5.73 Å². The van der Waals surface area contributed by atoms with Gasteiger partial charge in [0.05, 0.1) is 32.0 Å². The summed E-state index contributed by atoms with van der Waals surface area (Å²) in [5.41, 5.74) is 7.80. The van der Waals surface area contributed by atoms with E-state index in [2.05, 4.69) is 32.2 Å². The summed E-state index contributed by atoms with van der Waals surface area (Å²) in [7, 11) is 3.22. The summed E-state index contributed by atoms with van der Waals surface area (Å²) < 4.78 is 41.9. The molecule has 0 amide bonds. The first-order chi connectivity index (χ1) is 26.8. The zero-order chi connectivity index (χ0) is 39.7. The number of halogens is 1. The number of nitriles is 4. The zero-order valence-electron chi connectivity index (χ0n) is 30.5. The van der Waals surface area contributed by atoms with Crippen LogP contribution in [0.5, 0.6) is 34.8 Å². The molecule has 3 N–H and O–H groups in total. The molecule has 16 nitrogen and oxygen atoms in total. The molecule has 0 saturated carbocycles. The van der Waals surface area contributed by atoms with Crippen LogP contribution in [0.15, 0.2) is 36.4 Å². The lowest BCUT2D eigenvalue weighted by molar-refractivity contribution is 0.173. The first-order valence-electron chi connectivity index (χ1n) is 16.7. The van der Waals surface area contributed by atoms with Crippen LogP contribution in [0.3, 0.4) is 0 Å². The van der Waals surface area contributed by atoms with Crippen LogP contribution in [-0.4, -0.2) is 77.3 Å². The van der Waals surface area contributed by atoms with E-state index in [1.165, 1.54) is 0 Å². The number of methoxy groups -OCH3 is 2. The zero-order valence-corrected chi connectivity index (χ0v) is 31.3. The summed E-state index contributed by atoms with van der Waals surface area (Å²) >= 11 is 6.09. The largest absolute Gasteiger partial charge is 0.477 e. The van der Waals surface area contributed by atoms with Gasteiger partial charge in [-0.25, -0.2) is 0 Å². The Morgan fingerprint density at radius 2 is 1.16 bits per heavy atom. The summed E-state index contributed by atoms with van der Waals surface area (Å²) in [6.07, 6.45) is 0. The molecule has 2 aliphatic rings. The highest BCUT2D eigenvalue weighted by Crippen LogP contribution is 2.42. The summed E-state index contributed by atoms with van der Waals surface area (Å²) in [5.74, 6) is 2.94. The van der Waals surface area contributed by atoms with Gasteiger partial charge in [0, 0.05) is 38.4 Å². The Bertz CT molecular complexity index is 2160. The third-order valence-corrected chi connectivity index (χ3v) is 7.81. The minimum Gasteiger partial charge on any atom is -0.477 e. The number of hydrogen-bond donors (Lipinski definition) is 2. The highest BCUT2D eigenvalue weighted by atomic mass is 35.5. The van der Waals surface area contributed by atoms with Gasteiger partial charge in [-0.05, 0) is 49.2 Å². The van der Waals surface area contributed by atoms with Gasteiger partial charge in [0.1, 0.15) is 46.8 Å². The highest BCUT2D eigenvalue weighted by molar-refractivity contribution is 6.31. The lowest BCUT2D eigenvalue weighted by Gasteiger charge is -2.16. The van der Waals surface area contributed by atoms with Crippen LogP contribution in [-0.2, 0) is 9.47 Å². The van der Waals surface area contributed by atoms with Gasteiger partial charge in [-0.2, -0.15) is 31.0 Å². The van der Waals surface area contributed by atoms with Gasteiger partial charge in [0.25, 0.3) is 0 Å². The molecule has 0 spiro atoms. The van der Waals surface area contributed by atoms with Gasteiger partial charge in [-0.1, -0.05) is 31.2 Å². The van der Waals surface area contributed by atoms with E-state index in [0.717, 1.165) is 0 Å². The van der Waals surface area contributed by atoms with Crippen LogP contribution in [0.25, 0.3) is 22.3 Å². The van der Waals surface area contributed by atoms with Gasteiger partial charge in [-0.3, -0.25) is 0 Å². The summed E-state index contributed by atoms with van der Waals surface area (Å²) in [4.78, 5) is 8.35. The first kappa shape index (κ1) is 43.9. The predicted molar refractivity (Wildman–Crippen MR) is 206 cm³/mol. The number of aromatic nitrogens is 2. The van der Waals surface area contributed by atoms with E-state index in [0.29, 0.717) is 90.6 Å². The maximum Gasteiger partial charge on any atom is 0.234 e. The number of hydrogen-bond acceptors (Lipinski definition) is 16. The van der Waals surface area contributed by atoms with Crippen molar-refractivity contribution in [2.75, 3.05) is 72.6 Å². The molecule has 0 radical (unpaired) electrons. The van der Waals surface area contributed by atoms with E-state index in [1.54, 1.807) is 64.5 Å². The maximum absolute atomic E-state index is 9.78. The number of fused-ring (bicyclic) bond motifs is 2. The van der Waals surface area contributed by atoms with Gasteiger partial charge < -0.3 is 48.9 Å². The Kier molecular flexibility index (Phi) is 17.2. The fourth-order valence-corrected chi connectivity index (χ4v) is 5.41. The van der Waals surface area contributed by atoms with E-state index in [4.69, 9.17) is 50.5 Å². The molecule has 0 saturated heterocycles. The van der Waals surface area contributed by atoms with Crippen LogP contribution < -0.4 is 39.5 Å². The van der Waals surface area contributed by atoms with Gasteiger partial charge in [-0.15, -0.1) is 0 Å². The molecule has 0 bridgehead atoms. The molecule has 2 aromatic carbocycles. The number of nitrogens with one attached hydrogen (secondary N) is 1. The Balaban J connectivity index is 0.000000266. The molecule has 0 fully saturated rings. The normalized spacial score (nSPS) is 11.1. The number of rotatable bonds is 12. The predicted octanol–water partition coefficient (Wildman–Crippen LogP) is 6.18. The summed E-state index contributed by atoms with van der Waals surface area (Å²) in [5, 5.41) is 41.5. The van der Waals surface area contributed by atoms with E-state index in [9.17, 15) is 21.0 Å². The van der Waals surface area contributed by atoms with Gasteiger partial charge in [0.2, 0.25) is 25.3 Å². The molecule has 56 heavy (non-hydrogen) atoms. The quantitative estimate of drug-likeness (QED) is 0.121. The summed E-state index contributed by atoms with van der Waals surface area (Å²) in [6, 6.07) is 18.7. The SMILES string of the molecule is C.CCOc1nc(Cl)c(C#N)c(-c2ccc3c(c2)OCO3)c1C#N.CCOc1nc(NCCOC)c(C#N)c(-c2ccc3c(c2)OCO3)c1C#N.COCCN. The molecular formula is C39H41ClN8O8. The van der Waals surface area contributed by atoms with E-state index in [-0.39, 0.29) is 60.2 Å². The number of nitrogens with zero attached hydrogens (tertiary/aromatic N) is 6. The van der Waals surface area contributed by atoms with Crippen molar-refractivity contribution in [1.29, 1.82) is 21.0 Å². The topological polar surface area (TPSA) is 233 Å². The number of anilines is 1. The van der Waals surface area contributed by atoms with Crippen molar-refractivity contribution in [3.8, 4) is 81.3 Å². The fraction of sp³-hybridized carbons (Fsp3) is 0.333. The van der Waals surface area contributed by atoms with Crippen LogP contribution in [0.4, 0.5) is 5.82 Å². The molecule has 0 atom stereocenters. The minimum atomic E-state index is -0.0115. The van der Waals surface area contributed by atoms with Crippen molar-refractivity contribution in [3.63, 3.8) is 0 Å². The molecule has 4 aromatic rings. The average Bonchev–Trinajstić information content (AvgIpc) is 3.88. The summed E-state index contributed by atoms with van der Waals surface area (Å²) in [6.45, 7) is 6.70. The molecule has 0 unspecified atom stereocenters. The van der Waals surface area contributed by atoms with Crippen LogP contribution in [0.1, 0.15) is 43.5 Å². The van der Waals surface area contributed by atoms with E-state index < -0.39 is 0 Å². The monoisotopic (exact) mass is 784 g/mol. The van der Waals surface area contributed by atoms with Crippen molar-refractivity contribution in [2.45, 2.75) is 21.3 Å². The number of pyridine rings is 2. The third-order valence-electron chi connectivity index (χ3n) is 7.54. The molecule has 17 heteroatoms. The van der Waals surface area contributed by atoms with Crippen LogP contribution >= 0.6 is 11.6 Å². The Morgan fingerprint density at radius 3 is 1.59 bits per heavy atom. The van der Waals surface area contributed by atoms with Crippen molar-refractivity contribution < 1.29 is 37.9 Å². The van der Waals surface area contributed by atoms with Crippen molar-refractivity contribution in [1.82, 2.24) is 9.97 Å². The second-order valence-electron chi connectivity index (χ2n) is 10.9. The smallest absolute Gasteiger partial charge is 0.234 e. The Morgan fingerprint density at radius 1 is 0.696 bits per heavy atom. The van der Waals surface area contributed by atoms with Gasteiger partial charge in [0.15, 0.2) is 28.2 Å². The van der Waals surface area contributed by atoms with Crippen LogP contribution in [0.2, 0.25) is 5.15 Å². The molecule has 292 valence electrons. The van der Waals surface area contributed by atoms with Crippen molar-refractivity contribution in [3.05, 3.63) is 63.8 Å². The Labute approximate surface area is 330 Å². The minimum absolute atomic E-state index is 0. The van der Waals surface area contributed by atoms with Crippen LogP contribution in [0, 0.1) is 45.3 Å². The second-order valence-corrected chi connectivity index (χ2v) is 11.2. The molecule has 2 aromatic heterocycles. The molecule has 2 aliphatic heterocycles. The number of benzene rings is 2. The van der Waals surface area contributed by atoms with E-state index in [1.807, 2.05) is 12.1 Å². The molecule has 0 aliphatic carbocycles. The lowest BCUT2D eigenvalue weighted by Crippen LogP contribution is -2.12. The van der Waals surface area contributed by atoms with Gasteiger partial charge >= 0.3 is 0 Å². The molecule has 4 heterocycles. The second kappa shape index (κ2) is 22.0. The first-order valence-corrected chi connectivity index (χ1v) is 17.1. The maximum atomic E-state index is 9.78. The molecular weight excluding hydrogens is 744 g/mol. The third kappa shape index (κ3) is 10.2. The number of nitrogens with two attached hydrogens (primary N) is 1. The van der Waals surface area contributed by atoms with E-state index >= 15 is 0 Å². The van der Waals surface area contributed by atoms with Crippen molar-refractivity contribution >= 4 is 17.4 Å². The fourth-order valence-electron chi connectivity index (χ4n) is 5.20. The standard InChI is InChI=1S/C19H18N4O4.C16H10ClN3O3.C3H9NO.CH4/c1-3-25-19-14(10-21)17(12-4-5-15-16(8-12)27-11-26-15)13(9-20)18(23-19)22-6-7-24-2;1-2-21-16-11(7-19)14(10(6-18)15(17)20-16)9-3-4-12-13(5-9)23-8-22-12;1-5-3-2-4;/h4-5,8H,3,6-7,11H2,1-2H3,(H,22,23);3-5H,2,8H2,1H3;2-4H2,1H3;1H4. The average molecular weight is 785 g/mol. The highest BCUT2D eigenvalue weighted by Gasteiger charge is 2.25. The number of ether oxygens (including phenoxy) is 8. The lowest BCUT2D eigenvalue weighted by atomic mass is 9.96.